The summed E-state index contributed by atoms with van der Waals surface area (Å²) in [6, 6.07) is 10.8. The number of hydrogen-bond donors (Lipinski definition) is 1. The van der Waals surface area contributed by atoms with Gasteiger partial charge in [0.25, 0.3) is 0 Å². The van der Waals surface area contributed by atoms with Gasteiger partial charge in [0.2, 0.25) is 0 Å². The number of piperidine rings is 1. The second-order valence-electron chi connectivity index (χ2n) is 6.38. The molecule has 1 N–H and O–H groups in total. The molecule has 0 spiro atoms. The lowest BCUT2D eigenvalue weighted by molar-refractivity contribution is 0.179. The van der Waals surface area contributed by atoms with Crippen molar-refractivity contribution in [3.05, 3.63) is 29.8 Å². The van der Waals surface area contributed by atoms with Crippen LogP contribution >= 0.6 is 0 Å². The molecule has 0 atom stereocenters. The second kappa shape index (κ2) is 6.28. The standard InChI is InChI=1S/C17H25N3/c1-14(2)12-20-9-7-17(13-18,8-10-20)19-16-6-4-5-15(3)11-16/h4-6,11,14,19H,7-10,12H2,1-3H3. The van der Waals surface area contributed by atoms with Crippen molar-refractivity contribution in [2.75, 3.05) is 25.0 Å². The Morgan fingerprint density at radius 1 is 1.35 bits per heavy atom. The number of aryl methyl sites for hydroxylation is 1. The normalized spacial score (nSPS) is 18.8. The third-order valence-electron chi connectivity index (χ3n) is 3.95. The number of nitrogens with one attached hydrogen (secondary N) is 1. The Morgan fingerprint density at radius 3 is 2.60 bits per heavy atom. The summed E-state index contributed by atoms with van der Waals surface area (Å²) in [7, 11) is 0. The van der Waals surface area contributed by atoms with E-state index in [1.807, 2.05) is 12.1 Å². The van der Waals surface area contributed by atoms with Gasteiger partial charge in [-0.15, -0.1) is 0 Å². The first-order valence-electron chi connectivity index (χ1n) is 7.51. The maximum Gasteiger partial charge on any atom is 0.127 e. The second-order valence-corrected chi connectivity index (χ2v) is 6.38. The van der Waals surface area contributed by atoms with Gasteiger partial charge < -0.3 is 10.2 Å². The quantitative estimate of drug-likeness (QED) is 0.912. The van der Waals surface area contributed by atoms with Gasteiger partial charge in [-0.2, -0.15) is 5.26 Å². The maximum atomic E-state index is 9.61. The summed E-state index contributed by atoms with van der Waals surface area (Å²) in [5.41, 5.74) is 1.88. The Balaban J connectivity index is 2.00. The first-order chi connectivity index (χ1) is 9.53. The molecule has 1 aromatic carbocycles. The van der Waals surface area contributed by atoms with E-state index < -0.39 is 5.54 Å². The Kier molecular flexibility index (Phi) is 4.67. The largest absolute Gasteiger partial charge is 0.367 e. The van der Waals surface area contributed by atoms with Gasteiger partial charge in [-0.3, -0.25) is 0 Å². The van der Waals surface area contributed by atoms with Gasteiger partial charge in [0, 0.05) is 25.3 Å². The van der Waals surface area contributed by atoms with Gasteiger partial charge in [0.1, 0.15) is 5.54 Å². The van der Waals surface area contributed by atoms with Crippen LogP contribution in [0.25, 0.3) is 0 Å². The number of nitrogens with zero attached hydrogens (tertiary/aromatic N) is 2. The molecule has 1 fully saturated rings. The van der Waals surface area contributed by atoms with Gasteiger partial charge in [-0.25, -0.2) is 0 Å². The van der Waals surface area contributed by atoms with Crippen molar-refractivity contribution in [3.8, 4) is 6.07 Å². The molecule has 1 aromatic rings. The van der Waals surface area contributed by atoms with E-state index in [9.17, 15) is 5.26 Å². The molecule has 3 heteroatoms. The molecule has 0 aliphatic carbocycles. The van der Waals surface area contributed by atoms with Crippen molar-refractivity contribution in [2.24, 2.45) is 5.92 Å². The first-order valence-corrected chi connectivity index (χ1v) is 7.51. The zero-order chi connectivity index (χ0) is 14.6. The van der Waals surface area contributed by atoms with E-state index in [1.165, 1.54) is 5.56 Å². The maximum absolute atomic E-state index is 9.61. The molecule has 0 amide bonds. The number of benzene rings is 1. The SMILES string of the molecule is Cc1cccc(NC2(C#N)CCN(CC(C)C)CC2)c1. The summed E-state index contributed by atoms with van der Waals surface area (Å²) in [5, 5.41) is 13.1. The number of hydrogen-bond acceptors (Lipinski definition) is 3. The van der Waals surface area contributed by atoms with Crippen LogP contribution in [0.15, 0.2) is 24.3 Å². The highest BCUT2D eigenvalue weighted by Crippen LogP contribution is 2.27. The fourth-order valence-corrected chi connectivity index (χ4v) is 2.90. The summed E-state index contributed by atoms with van der Waals surface area (Å²) < 4.78 is 0. The highest BCUT2D eigenvalue weighted by molar-refractivity contribution is 5.49. The monoisotopic (exact) mass is 271 g/mol. The van der Waals surface area contributed by atoms with Crippen LogP contribution in [0.1, 0.15) is 32.3 Å². The van der Waals surface area contributed by atoms with Crippen LogP contribution in [0.5, 0.6) is 0 Å². The van der Waals surface area contributed by atoms with Gasteiger partial charge in [-0.1, -0.05) is 26.0 Å². The first kappa shape index (κ1) is 14.9. The predicted octanol–water partition coefficient (Wildman–Crippen LogP) is 3.42. The number of anilines is 1. The van der Waals surface area contributed by atoms with Crippen molar-refractivity contribution in [2.45, 2.75) is 39.2 Å². The van der Waals surface area contributed by atoms with Gasteiger partial charge in [-0.05, 0) is 43.4 Å². The Hall–Kier alpha value is -1.53. The average Bonchev–Trinajstić information content (AvgIpc) is 2.41. The van der Waals surface area contributed by atoms with Crippen LogP contribution in [0.4, 0.5) is 5.69 Å². The van der Waals surface area contributed by atoms with Crippen LogP contribution in [0, 0.1) is 24.2 Å². The third-order valence-corrected chi connectivity index (χ3v) is 3.95. The molecule has 3 nitrogen and oxygen atoms in total. The molecule has 1 saturated heterocycles. The topological polar surface area (TPSA) is 39.1 Å². The third kappa shape index (κ3) is 3.74. The van der Waals surface area contributed by atoms with Crippen molar-refractivity contribution in [3.63, 3.8) is 0 Å². The fourth-order valence-electron chi connectivity index (χ4n) is 2.90. The summed E-state index contributed by atoms with van der Waals surface area (Å²) in [6.45, 7) is 9.71. The van der Waals surface area contributed by atoms with Crippen LogP contribution in [-0.4, -0.2) is 30.1 Å². The molecule has 2 rings (SSSR count). The lowest BCUT2D eigenvalue weighted by atomic mass is 9.88. The van der Waals surface area contributed by atoms with E-state index in [-0.39, 0.29) is 0 Å². The van der Waals surface area contributed by atoms with Crippen molar-refractivity contribution in [1.82, 2.24) is 4.90 Å². The Labute approximate surface area is 122 Å². The number of nitriles is 1. The van der Waals surface area contributed by atoms with E-state index in [2.05, 4.69) is 49.2 Å². The highest BCUT2D eigenvalue weighted by atomic mass is 15.2. The van der Waals surface area contributed by atoms with Gasteiger partial charge in [0.15, 0.2) is 0 Å². The smallest absolute Gasteiger partial charge is 0.127 e. The van der Waals surface area contributed by atoms with E-state index >= 15 is 0 Å². The van der Waals surface area contributed by atoms with Crippen molar-refractivity contribution >= 4 is 5.69 Å². The van der Waals surface area contributed by atoms with E-state index in [0.29, 0.717) is 5.92 Å². The van der Waals surface area contributed by atoms with E-state index in [1.54, 1.807) is 0 Å². The fraction of sp³-hybridized carbons (Fsp3) is 0.588. The van der Waals surface area contributed by atoms with Gasteiger partial charge in [0.05, 0.1) is 6.07 Å². The molecule has 1 aliphatic heterocycles. The van der Waals surface area contributed by atoms with Crippen molar-refractivity contribution in [1.29, 1.82) is 5.26 Å². The zero-order valence-electron chi connectivity index (χ0n) is 12.8. The predicted molar refractivity (Wildman–Crippen MR) is 83.7 cm³/mol. The Bertz CT molecular complexity index is 479. The van der Waals surface area contributed by atoms with E-state index in [4.69, 9.17) is 0 Å². The zero-order valence-corrected chi connectivity index (χ0v) is 12.8. The molecular formula is C17H25N3. The molecule has 0 saturated carbocycles. The van der Waals surface area contributed by atoms with Crippen LogP contribution in [0.2, 0.25) is 0 Å². The van der Waals surface area contributed by atoms with Crippen molar-refractivity contribution < 1.29 is 0 Å². The molecule has 0 bridgehead atoms. The molecule has 20 heavy (non-hydrogen) atoms. The lowest BCUT2D eigenvalue weighted by Crippen LogP contribution is -2.49. The summed E-state index contributed by atoms with van der Waals surface area (Å²) in [6.07, 6.45) is 1.79. The molecule has 1 aliphatic rings. The highest BCUT2D eigenvalue weighted by Gasteiger charge is 2.34. The minimum atomic E-state index is -0.402. The molecular weight excluding hydrogens is 246 g/mol. The minimum Gasteiger partial charge on any atom is -0.367 e. The minimum absolute atomic E-state index is 0.402. The molecule has 0 radical (unpaired) electrons. The summed E-state index contributed by atoms with van der Waals surface area (Å²) >= 11 is 0. The van der Waals surface area contributed by atoms with E-state index in [0.717, 1.165) is 38.2 Å². The Morgan fingerprint density at radius 2 is 2.05 bits per heavy atom. The van der Waals surface area contributed by atoms with Crippen LogP contribution in [0.3, 0.4) is 0 Å². The van der Waals surface area contributed by atoms with Crippen LogP contribution in [-0.2, 0) is 0 Å². The van der Waals surface area contributed by atoms with Crippen LogP contribution < -0.4 is 5.32 Å². The summed E-state index contributed by atoms with van der Waals surface area (Å²) in [5.74, 6) is 0.689. The average molecular weight is 271 g/mol. The summed E-state index contributed by atoms with van der Waals surface area (Å²) in [4.78, 5) is 2.47. The lowest BCUT2D eigenvalue weighted by Gasteiger charge is -2.39. The molecule has 108 valence electrons. The molecule has 0 unspecified atom stereocenters. The molecule has 1 heterocycles. The van der Waals surface area contributed by atoms with Gasteiger partial charge >= 0.3 is 0 Å². The number of rotatable bonds is 4. The molecule has 0 aromatic heterocycles. The number of likely N-dealkylation sites (tertiary alicyclic amines) is 1.